The number of hydrogen-bond acceptors (Lipinski definition) is 4. The Hall–Kier alpha value is -1.91. The van der Waals surface area contributed by atoms with Crippen LogP contribution in [-0.2, 0) is 0 Å². The third-order valence-corrected chi connectivity index (χ3v) is 3.24. The summed E-state index contributed by atoms with van der Waals surface area (Å²) < 4.78 is 1.68. The van der Waals surface area contributed by atoms with Crippen LogP contribution in [0.4, 0.5) is 5.69 Å². The Kier molecular flexibility index (Phi) is 4.28. The lowest BCUT2D eigenvalue weighted by Crippen LogP contribution is -2.14. The van der Waals surface area contributed by atoms with E-state index in [0.717, 1.165) is 17.9 Å². The van der Waals surface area contributed by atoms with Crippen LogP contribution < -0.4 is 5.32 Å². The summed E-state index contributed by atoms with van der Waals surface area (Å²) in [6, 6.07) is 8.06. The average Bonchev–Trinajstić information content (AvgIpc) is 2.94. The van der Waals surface area contributed by atoms with Crippen molar-refractivity contribution in [1.82, 2.24) is 20.2 Å². The lowest BCUT2D eigenvalue weighted by Gasteiger charge is -2.16. The largest absolute Gasteiger partial charge is 0.383 e. The second kappa shape index (κ2) is 6.14. The standard InChI is InChI=1S/C13H19N5/c1-3-11(4-2)9-14-12-7-5-6-8-13(12)18-10-15-16-17-18/h5-8,10-11,14H,3-4,9H2,1-2H3. The van der Waals surface area contributed by atoms with Crippen molar-refractivity contribution in [3.8, 4) is 5.69 Å². The van der Waals surface area contributed by atoms with E-state index in [1.165, 1.54) is 12.8 Å². The summed E-state index contributed by atoms with van der Waals surface area (Å²) in [5.74, 6) is 0.701. The normalized spacial score (nSPS) is 10.8. The predicted molar refractivity (Wildman–Crippen MR) is 71.7 cm³/mol. The fourth-order valence-electron chi connectivity index (χ4n) is 1.93. The molecule has 2 rings (SSSR count). The first-order valence-electron chi connectivity index (χ1n) is 6.41. The minimum Gasteiger partial charge on any atom is -0.383 e. The maximum atomic E-state index is 3.93. The molecular weight excluding hydrogens is 226 g/mol. The number of nitrogens with one attached hydrogen (secondary N) is 1. The van der Waals surface area contributed by atoms with E-state index in [4.69, 9.17) is 0 Å². The molecule has 0 amide bonds. The molecule has 0 unspecified atom stereocenters. The van der Waals surface area contributed by atoms with Gasteiger partial charge in [0.2, 0.25) is 0 Å². The van der Waals surface area contributed by atoms with Gasteiger partial charge in [0.05, 0.1) is 11.4 Å². The number of benzene rings is 1. The summed E-state index contributed by atoms with van der Waals surface area (Å²) in [5, 5.41) is 14.8. The van der Waals surface area contributed by atoms with Crippen LogP contribution in [0.1, 0.15) is 26.7 Å². The fraction of sp³-hybridized carbons (Fsp3) is 0.462. The monoisotopic (exact) mass is 245 g/mol. The molecule has 0 aliphatic heterocycles. The number of tetrazole rings is 1. The number of hydrogen-bond donors (Lipinski definition) is 1. The van der Waals surface area contributed by atoms with Crippen LogP contribution in [0, 0.1) is 5.92 Å². The van der Waals surface area contributed by atoms with Gasteiger partial charge in [0.1, 0.15) is 6.33 Å². The number of para-hydroxylation sites is 2. The lowest BCUT2D eigenvalue weighted by atomic mass is 10.0. The number of rotatable bonds is 6. The van der Waals surface area contributed by atoms with Crippen molar-refractivity contribution in [3.05, 3.63) is 30.6 Å². The van der Waals surface area contributed by atoms with Crippen molar-refractivity contribution in [2.75, 3.05) is 11.9 Å². The highest BCUT2D eigenvalue weighted by atomic mass is 15.5. The Bertz CT molecular complexity index is 462. The first-order valence-corrected chi connectivity index (χ1v) is 6.41. The van der Waals surface area contributed by atoms with Gasteiger partial charge in [0.15, 0.2) is 0 Å². The fourth-order valence-corrected chi connectivity index (χ4v) is 1.93. The molecule has 0 fully saturated rings. The molecule has 2 aromatic rings. The first-order chi connectivity index (χ1) is 8.85. The van der Waals surface area contributed by atoms with Gasteiger partial charge in [-0.3, -0.25) is 0 Å². The summed E-state index contributed by atoms with van der Waals surface area (Å²) in [5.41, 5.74) is 2.05. The molecule has 0 spiro atoms. The summed E-state index contributed by atoms with van der Waals surface area (Å²) in [4.78, 5) is 0. The van der Waals surface area contributed by atoms with E-state index in [0.29, 0.717) is 5.92 Å². The average molecular weight is 245 g/mol. The third-order valence-electron chi connectivity index (χ3n) is 3.24. The molecule has 5 heteroatoms. The van der Waals surface area contributed by atoms with Crippen molar-refractivity contribution in [2.24, 2.45) is 5.92 Å². The quantitative estimate of drug-likeness (QED) is 0.849. The van der Waals surface area contributed by atoms with E-state index in [9.17, 15) is 0 Å². The molecule has 0 aliphatic rings. The van der Waals surface area contributed by atoms with Crippen molar-refractivity contribution in [2.45, 2.75) is 26.7 Å². The molecule has 0 bridgehead atoms. The van der Waals surface area contributed by atoms with E-state index < -0.39 is 0 Å². The Morgan fingerprint density at radius 1 is 1.22 bits per heavy atom. The van der Waals surface area contributed by atoms with Crippen LogP contribution in [0.2, 0.25) is 0 Å². The van der Waals surface area contributed by atoms with E-state index in [1.54, 1.807) is 11.0 Å². The van der Waals surface area contributed by atoms with Gasteiger partial charge in [-0.2, -0.15) is 4.68 Å². The maximum absolute atomic E-state index is 3.93. The minimum absolute atomic E-state index is 0.701. The van der Waals surface area contributed by atoms with Crippen LogP contribution in [0.25, 0.3) is 5.69 Å². The molecule has 0 aliphatic carbocycles. The zero-order chi connectivity index (χ0) is 12.8. The molecule has 1 aromatic carbocycles. The highest BCUT2D eigenvalue weighted by Crippen LogP contribution is 2.19. The smallest absolute Gasteiger partial charge is 0.143 e. The lowest BCUT2D eigenvalue weighted by molar-refractivity contribution is 0.519. The Balaban J connectivity index is 2.13. The molecule has 0 atom stereocenters. The van der Waals surface area contributed by atoms with Gasteiger partial charge in [-0.25, -0.2) is 0 Å². The summed E-state index contributed by atoms with van der Waals surface area (Å²) in [6.45, 7) is 5.43. The highest BCUT2D eigenvalue weighted by Gasteiger charge is 2.07. The van der Waals surface area contributed by atoms with Crippen LogP contribution in [-0.4, -0.2) is 26.8 Å². The molecule has 96 valence electrons. The molecular formula is C13H19N5. The van der Waals surface area contributed by atoms with Gasteiger partial charge in [0, 0.05) is 6.54 Å². The minimum atomic E-state index is 0.701. The number of nitrogens with zero attached hydrogens (tertiary/aromatic N) is 4. The van der Waals surface area contributed by atoms with E-state index in [2.05, 4.69) is 40.8 Å². The summed E-state index contributed by atoms with van der Waals surface area (Å²) >= 11 is 0. The highest BCUT2D eigenvalue weighted by molar-refractivity contribution is 5.60. The van der Waals surface area contributed by atoms with Crippen LogP contribution in [0.3, 0.4) is 0 Å². The Morgan fingerprint density at radius 2 is 2.00 bits per heavy atom. The Labute approximate surface area is 107 Å². The predicted octanol–water partition coefficient (Wildman–Crippen LogP) is 2.51. The maximum Gasteiger partial charge on any atom is 0.143 e. The second-order valence-corrected chi connectivity index (χ2v) is 4.33. The number of aromatic nitrogens is 4. The van der Waals surface area contributed by atoms with Gasteiger partial charge in [-0.15, -0.1) is 5.10 Å². The Morgan fingerprint density at radius 3 is 2.67 bits per heavy atom. The molecule has 0 radical (unpaired) electrons. The first kappa shape index (κ1) is 12.5. The summed E-state index contributed by atoms with van der Waals surface area (Å²) in [7, 11) is 0. The zero-order valence-corrected chi connectivity index (χ0v) is 10.9. The molecule has 1 aromatic heterocycles. The van der Waals surface area contributed by atoms with Gasteiger partial charge in [0.25, 0.3) is 0 Å². The van der Waals surface area contributed by atoms with Crippen molar-refractivity contribution < 1.29 is 0 Å². The van der Waals surface area contributed by atoms with Gasteiger partial charge in [-0.1, -0.05) is 38.8 Å². The SMILES string of the molecule is CCC(CC)CNc1ccccc1-n1cnnn1. The molecule has 0 saturated carbocycles. The molecule has 18 heavy (non-hydrogen) atoms. The molecule has 1 heterocycles. The number of anilines is 1. The molecule has 0 saturated heterocycles. The topological polar surface area (TPSA) is 55.6 Å². The van der Waals surface area contributed by atoms with Crippen molar-refractivity contribution >= 4 is 5.69 Å². The van der Waals surface area contributed by atoms with Crippen molar-refractivity contribution in [3.63, 3.8) is 0 Å². The van der Waals surface area contributed by atoms with E-state index >= 15 is 0 Å². The van der Waals surface area contributed by atoms with Crippen LogP contribution in [0.15, 0.2) is 30.6 Å². The zero-order valence-electron chi connectivity index (χ0n) is 10.9. The van der Waals surface area contributed by atoms with Gasteiger partial charge >= 0.3 is 0 Å². The van der Waals surface area contributed by atoms with Gasteiger partial charge < -0.3 is 5.32 Å². The van der Waals surface area contributed by atoms with Gasteiger partial charge in [-0.05, 0) is 28.5 Å². The molecule has 1 N–H and O–H groups in total. The van der Waals surface area contributed by atoms with Crippen LogP contribution in [0.5, 0.6) is 0 Å². The third kappa shape index (κ3) is 2.85. The van der Waals surface area contributed by atoms with Crippen molar-refractivity contribution in [1.29, 1.82) is 0 Å². The van der Waals surface area contributed by atoms with E-state index in [1.807, 2.05) is 18.2 Å². The second-order valence-electron chi connectivity index (χ2n) is 4.33. The van der Waals surface area contributed by atoms with E-state index in [-0.39, 0.29) is 0 Å². The summed E-state index contributed by atoms with van der Waals surface area (Å²) in [6.07, 6.45) is 3.99. The molecule has 5 nitrogen and oxygen atoms in total. The van der Waals surface area contributed by atoms with Crippen LogP contribution >= 0.6 is 0 Å².